The molecule has 4 rings (SSSR count). The number of benzene rings is 1. The molecule has 2 saturated heterocycles. The molecule has 32 heavy (non-hydrogen) atoms. The van der Waals surface area contributed by atoms with Gasteiger partial charge in [-0.1, -0.05) is 5.92 Å². The number of hydrogen-bond donors (Lipinski definition) is 2. The van der Waals surface area contributed by atoms with Crippen LogP contribution < -0.4 is 15.5 Å². The maximum absolute atomic E-state index is 13.2. The average molecular weight is 518 g/mol. The molecule has 0 aliphatic carbocycles. The maximum atomic E-state index is 13.2. The number of amides is 3. The number of nitrogens with one attached hydrogen (secondary N) is 2. The molecule has 1 aromatic carbocycles. The van der Waals surface area contributed by atoms with Crippen molar-refractivity contribution in [2.24, 2.45) is 0 Å². The molecule has 10 heteroatoms. The van der Waals surface area contributed by atoms with Crippen molar-refractivity contribution < 1.29 is 23.9 Å². The molecule has 0 radical (unpaired) electrons. The van der Waals surface area contributed by atoms with Gasteiger partial charge in [0.2, 0.25) is 0 Å². The van der Waals surface area contributed by atoms with Gasteiger partial charge in [0, 0.05) is 29.7 Å². The summed E-state index contributed by atoms with van der Waals surface area (Å²) in [6.45, 7) is 1.39. The first kappa shape index (κ1) is 22.5. The minimum atomic E-state index is -1.19. The average Bonchev–Trinajstić information content (AvgIpc) is 3.45. The molecule has 166 valence electrons. The van der Waals surface area contributed by atoms with Crippen LogP contribution in [0, 0.1) is 12.3 Å². The lowest BCUT2D eigenvalue weighted by molar-refractivity contribution is -0.125. The Kier molecular flexibility index (Phi) is 6.62. The first-order valence-electron chi connectivity index (χ1n) is 9.88. The van der Waals surface area contributed by atoms with Crippen LogP contribution in [0.25, 0.3) is 0 Å². The van der Waals surface area contributed by atoms with E-state index in [2.05, 4.69) is 32.5 Å². The number of carbonyl (C=O) groups is 3. The highest BCUT2D eigenvalue weighted by Crippen LogP contribution is 2.31. The number of rotatable bonds is 5. The maximum Gasteiger partial charge on any atom is 0.262 e. The topological polar surface area (TPSA) is 97.0 Å². The molecule has 2 aliphatic rings. The normalized spacial score (nSPS) is 20.6. The lowest BCUT2D eigenvalue weighted by atomic mass is 9.97. The number of morpholine rings is 1. The summed E-state index contributed by atoms with van der Waals surface area (Å²) in [5, 5.41) is 5.70. The summed E-state index contributed by atoms with van der Waals surface area (Å²) in [6, 6.07) is 8.52. The van der Waals surface area contributed by atoms with Gasteiger partial charge in [-0.15, -0.1) is 17.8 Å². The largest absolute Gasteiger partial charge is 0.378 e. The van der Waals surface area contributed by atoms with Crippen LogP contribution in [0.5, 0.6) is 0 Å². The molecule has 0 spiro atoms. The molecule has 2 fully saturated rings. The third-order valence-corrected chi connectivity index (χ3v) is 6.91. The summed E-state index contributed by atoms with van der Waals surface area (Å²) >= 11 is 4.67. The minimum Gasteiger partial charge on any atom is -0.378 e. The first-order chi connectivity index (χ1) is 15.4. The molecule has 2 N–H and O–H groups in total. The fraction of sp³-hybridized carbons (Fsp3) is 0.318. The van der Waals surface area contributed by atoms with Gasteiger partial charge in [-0.25, -0.2) is 0 Å². The molecule has 1 aromatic heterocycles. The molecule has 3 amide bonds. The smallest absolute Gasteiger partial charge is 0.262 e. The Bertz CT molecular complexity index is 1100. The highest BCUT2D eigenvalue weighted by molar-refractivity contribution is 9.10. The zero-order chi connectivity index (χ0) is 22.7. The van der Waals surface area contributed by atoms with Crippen molar-refractivity contribution in [1.82, 2.24) is 5.32 Å². The van der Waals surface area contributed by atoms with Crippen LogP contribution in [0.3, 0.4) is 0 Å². The van der Waals surface area contributed by atoms with Crippen LogP contribution in [0.4, 0.5) is 11.4 Å². The standard InChI is InChI=1S/C22H20BrN3O5S/c1-2-15-4-6-18(32-15)20(28)25-22(7-9-31-13-22)21(29)24-14-3-5-17(16(23)11-14)26-8-10-30-12-19(26)27/h1,3-6,11H,7-10,12-13H2,(H,24,29)(H,25,28). The Morgan fingerprint density at radius 2 is 2.06 bits per heavy atom. The van der Waals surface area contributed by atoms with Gasteiger partial charge < -0.3 is 25.0 Å². The minimum absolute atomic E-state index is 0.0419. The monoisotopic (exact) mass is 517 g/mol. The van der Waals surface area contributed by atoms with Crippen molar-refractivity contribution in [2.75, 3.05) is 43.2 Å². The fourth-order valence-corrected chi connectivity index (χ4v) is 4.85. The van der Waals surface area contributed by atoms with Crippen molar-refractivity contribution in [2.45, 2.75) is 12.0 Å². The van der Waals surface area contributed by atoms with Crippen molar-refractivity contribution in [3.63, 3.8) is 0 Å². The summed E-state index contributed by atoms with van der Waals surface area (Å²) in [5.74, 6) is 1.62. The first-order valence-corrected chi connectivity index (χ1v) is 11.5. The molecular weight excluding hydrogens is 498 g/mol. The summed E-state index contributed by atoms with van der Waals surface area (Å²) in [7, 11) is 0. The van der Waals surface area contributed by atoms with E-state index in [9.17, 15) is 14.4 Å². The van der Waals surface area contributed by atoms with Crippen LogP contribution in [-0.4, -0.2) is 56.2 Å². The van der Waals surface area contributed by atoms with E-state index < -0.39 is 5.54 Å². The second-order valence-electron chi connectivity index (χ2n) is 7.37. The molecule has 0 bridgehead atoms. The van der Waals surface area contributed by atoms with Crippen molar-refractivity contribution in [1.29, 1.82) is 0 Å². The third kappa shape index (κ3) is 4.56. The van der Waals surface area contributed by atoms with Crippen molar-refractivity contribution >= 4 is 56.4 Å². The molecule has 8 nitrogen and oxygen atoms in total. The number of thiophene rings is 1. The number of terminal acetylenes is 1. The molecule has 2 aliphatic heterocycles. The van der Waals surface area contributed by atoms with E-state index in [0.29, 0.717) is 51.8 Å². The third-order valence-electron chi connectivity index (χ3n) is 5.26. The predicted octanol–water partition coefficient (Wildman–Crippen LogP) is 2.38. The van der Waals surface area contributed by atoms with Gasteiger partial charge in [-0.05, 0) is 46.3 Å². The highest BCUT2D eigenvalue weighted by atomic mass is 79.9. The molecule has 1 unspecified atom stereocenters. The molecular formula is C22H20BrN3O5S. The number of ether oxygens (including phenoxy) is 2. The molecule has 3 heterocycles. The molecule has 0 saturated carbocycles. The summed E-state index contributed by atoms with van der Waals surface area (Å²) in [6.07, 6.45) is 5.72. The molecule has 1 atom stereocenters. The zero-order valence-electron chi connectivity index (χ0n) is 17.0. The van der Waals surface area contributed by atoms with E-state index in [1.807, 2.05) is 0 Å². The number of halogens is 1. The molecule has 2 aromatic rings. The van der Waals surface area contributed by atoms with Crippen LogP contribution in [0.2, 0.25) is 0 Å². The second kappa shape index (κ2) is 9.42. The Hall–Kier alpha value is -2.71. The van der Waals surface area contributed by atoms with Gasteiger partial charge in [-0.2, -0.15) is 0 Å². The quantitative estimate of drug-likeness (QED) is 0.593. The predicted molar refractivity (Wildman–Crippen MR) is 124 cm³/mol. The lowest BCUT2D eigenvalue weighted by Crippen LogP contribution is -2.57. The van der Waals surface area contributed by atoms with Gasteiger partial charge in [0.25, 0.3) is 17.7 Å². The second-order valence-corrected chi connectivity index (χ2v) is 9.30. The van der Waals surface area contributed by atoms with E-state index in [4.69, 9.17) is 15.9 Å². The Morgan fingerprint density at radius 3 is 2.72 bits per heavy atom. The van der Waals surface area contributed by atoms with Crippen molar-refractivity contribution in [3.8, 4) is 12.3 Å². The van der Waals surface area contributed by atoms with E-state index in [0.717, 1.165) is 0 Å². The van der Waals surface area contributed by atoms with E-state index in [1.54, 1.807) is 35.2 Å². The van der Waals surface area contributed by atoms with E-state index in [1.165, 1.54) is 11.3 Å². The summed E-state index contributed by atoms with van der Waals surface area (Å²) in [4.78, 5) is 40.7. The van der Waals surface area contributed by atoms with Crippen LogP contribution in [0.15, 0.2) is 34.8 Å². The zero-order valence-corrected chi connectivity index (χ0v) is 19.4. The van der Waals surface area contributed by atoms with Gasteiger partial charge in [0.1, 0.15) is 12.1 Å². The van der Waals surface area contributed by atoms with Crippen LogP contribution in [-0.2, 0) is 19.1 Å². The van der Waals surface area contributed by atoms with Gasteiger partial charge in [0.05, 0.1) is 28.7 Å². The highest BCUT2D eigenvalue weighted by Gasteiger charge is 2.44. The van der Waals surface area contributed by atoms with Crippen molar-refractivity contribution in [3.05, 3.63) is 44.6 Å². The van der Waals surface area contributed by atoms with Gasteiger partial charge in [0.15, 0.2) is 0 Å². The van der Waals surface area contributed by atoms with E-state index in [-0.39, 0.29) is 30.9 Å². The fourth-order valence-electron chi connectivity index (χ4n) is 3.54. The summed E-state index contributed by atoms with van der Waals surface area (Å²) < 4.78 is 11.3. The van der Waals surface area contributed by atoms with E-state index >= 15 is 0 Å². The Labute approximate surface area is 197 Å². The lowest BCUT2D eigenvalue weighted by Gasteiger charge is -2.29. The number of hydrogen-bond acceptors (Lipinski definition) is 6. The number of anilines is 2. The van der Waals surface area contributed by atoms with Gasteiger partial charge in [-0.3, -0.25) is 14.4 Å². The number of nitrogens with zero attached hydrogens (tertiary/aromatic N) is 1. The number of carbonyl (C=O) groups excluding carboxylic acids is 3. The van der Waals surface area contributed by atoms with Crippen LogP contribution >= 0.6 is 27.3 Å². The SMILES string of the molecule is C#Cc1ccc(C(=O)NC2(C(=O)Nc3ccc(N4CCOCC4=O)c(Br)c3)CCOC2)s1. The van der Waals surface area contributed by atoms with Crippen LogP contribution in [0.1, 0.15) is 21.0 Å². The van der Waals surface area contributed by atoms with Gasteiger partial charge >= 0.3 is 0 Å². The summed E-state index contributed by atoms with van der Waals surface area (Å²) in [5.41, 5.74) is 0.0334. The Balaban J connectivity index is 1.49. The Morgan fingerprint density at radius 1 is 1.22 bits per heavy atom.